The monoisotopic (exact) mass is 443 g/mol. The van der Waals surface area contributed by atoms with Crippen molar-refractivity contribution >= 4 is 22.9 Å². The van der Waals surface area contributed by atoms with Gasteiger partial charge < -0.3 is 10.1 Å². The first-order valence-electron chi connectivity index (χ1n) is 10.1. The van der Waals surface area contributed by atoms with E-state index in [0.717, 1.165) is 36.7 Å². The Morgan fingerprint density at radius 2 is 2.13 bits per heavy atom. The molecule has 1 aliphatic heterocycles. The number of rotatable bonds is 6. The number of hydrogen-bond donors (Lipinski definition) is 1. The summed E-state index contributed by atoms with van der Waals surface area (Å²) < 4.78 is 32.1. The topological polar surface area (TPSA) is 54.5 Å². The minimum absolute atomic E-state index is 0.0744. The summed E-state index contributed by atoms with van der Waals surface area (Å²) in [6.45, 7) is 1.85. The number of halogens is 2. The highest BCUT2D eigenvalue weighted by Gasteiger charge is 2.26. The molecule has 162 valence electrons. The van der Waals surface area contributed by atoms with Gasteiger partial charge in [0, 0.05) is 24.0 Å². The number of nitrogens with one attached hydrogen (secondary N) is 1. The van der Waals surface area contributed by atoms with Crippen molar-refractivity contribution < 1.29 is 18.3 Å². The number of benzene rings is 2. The highest BCUT2D eigenvalue weighted by Crippen LogP contribution is 2.31. The molecule has 2 heterocycles. The third-order valence-corrected chi connectivity index (χ3v) is 6.04. The molecular formula is C23H23F2N3O2S. The molecule has 0 spiro atoms. The van der Waals surface area contributed by atoms with Crippen molar-refractivity contribution in [2.75, 3.05) is 25.5 Å². The molecule has 1 aromatic heterocycles. The maximum absolute atomic E-state index is 13.5. The first kappa shape index (κ1) is 21.4. The quantitative estimate of drug-likeness (QED) is 0.586. The number of amides is 1. The fourth-order valence-electron chi connectivity index (χ4n) is 3.85. The summed E-state index contributed by atoms with van der Waals surface area (Å²) in [6, 6.07) is 9.53. The maximum Gasteiger partial charge on any atom is 0.228 e. The number of thiazole rings is 1. The molecule has 4 rings (SSSR count). The van der Waals surface area contributed by atoms with Crippen molar-refractivity contribution in [2.45, 2.75) is 19.4 Å². The van der Waals surface area contributed by atoms with E-state index in [4.69, 9.17) is 4.74 Å². The number of ether oxygens (including phenoxy) is 1. The van der Waals surface area contributed by atoms with E-state index in [0.29, 0.717) is 30.1 Å². The maximum atomic E-state index is 13.5. The van der Waals surface area contributed by atoms with Crippen LogP contribution in [0.25, 0.3) is 11.3 Å². The van der Waals surface area contributed by atoms with Gasteiger partial charge in [-0.15, -0.1) is 11.3 Å². The lowest BCUT2D eigenvalue weighted by Crippen LogP contribution is -2.40. The second-order valence-corrected chi connectivity index (χ2v) is 8.32. The second-order valence-electron chi connectivity index (χ2n) is 7.60. The number of methoxy groups -OCH3 is 1. The predicted octanol–water partition coefficient (Wildman–Crippen LogP) is 4.95. The summed E-state index contributed by atoms with van der Waals surface area (Å²) in [6.07, 6.45) is 1.64. The third kappa shape index (κ3) is 5.08. The average Bonchev–Trinajstić information content (AvgIpc) is 3.32. The minimum atomic E-state index is -0.852. The van der Waals surface area contributed by atoms with Crippen LogP contribution in [0.1, 0.15) is 18.4 Å². The number of carbonyl (C=O) groups excluding carboxylic acids is 1. The highest BCUT2D eigenvalue weighted by molar-refractivity contribution is 7.07. The Balaban J connectivity index is 1.41. The number of piperidine rings is 1. The molecule has 0 bridgehead atoms. The standard InChI is InChI=1S/C23H23F2N3O2S/c1-30-22-10-16(21-13-31-14-26-21)5-7-20(22)27-23(29)17-3-2-8-28(12-17)11-15-4-6-18(24)19(25)9-15/h4-7,9-10,13-14,17H,2-3,8,11-12H2,1H3,(H,27,29). The Morgan fingerprint density at radius 1 is 1.26 bits per heavy atom. The van der Waals surface area contributed by atoms with E-state index < -0.39 is 11.6 Å². The Hall–Kier alpha value is -2.84. The molecule has 1 unspecified atom stereocenters. The lowest BCUT2D eigenvalue weighted by Gasteiger charge is -2.32. The lowest BCUT2D eigenvalue weighted by atomic mass is 9.96. The molecule has 8 heteroatoms. The molecule has 1 saturated heterocycles. The van der Waals surface area contributed by atoms with Crippen LogP contribution in [0.15, 0.2) is 47.3 Å². The molecule has 0 aliphatic carbocycles. The van der Waals surface area contributed by atoms with Crippen molar-refractivity contribution in [1.82, 2.24) is 9.88 Å². The number of nitrogens with zero attached hydrogens (tertiary/aromatic N) is 2. The van der Waals surface area contributed by atoms with E-state index in [1.165, 1.54) is 17.4 Å². The Morgan fingerprint density at radius 3 is 2.87 bits per heavy atom. The molecule has 1 N–H and O–H groups in total. The molecule has 1 fully saturated rings. The molecule has 1 amide bonds. The van der Waals surface area contributed by atoms with Gasteiger partial charge in [-0.2, -0.15) is 0 Å². The molecule has 0 saturated carbocycles. The van der Waals surface area contributed by atoms with Crippen LogP contribution in [-0.4, -0.2) is 36.0 Å². The first-order valence-corrected chi connectivity index (χ1v) is 11.0. The summed E-state index contributed by atoms with van der Waals surface area (Å²) in [4.78, 5) is 19.3. The zero-order valence-corrected chi connectivity index (χ0v) is 17.9. The van der Waals surface area contributed by atoms with Gasteiger partial charge in [-0.1, -0.05) is 12.1 Å². The molecule has 1 aliphatic rings. The zero-order chi connectivity index (χ0) is 21.8. The number of hydrogen-bond acceptors (Lipinski definition) is 5. The van der Waals surface area contributed by atoms with E-state index in [1.54, 1.807) is 18.7 Å². The van der Waals surface area contributed by atoms with E-state index in [2.05, 4.69) is 15.2 Å². The first-order chi connectivity index (χ1) is 15.0. The van der Waals surface area contributed by atoms with Crippen molar-refractivity contribution in [1.29, 1.82) is 0 Å². The van der Waals surface area contributed by atoms with Gasteiger partial charge in [0.1, 0.15) is 5.75 Å². The van der Waals surface area contributed by atoms with Crippen LogP contribution >= 0.6 is 11.3 Å². The third-order valence-electron chi connectivity index (χ3n) is 5.45. The van der Waals surface area contributed by atoms with E-state index >= 15 is 0 Å². The van der Waals surface area contributed by atoms with Gasteiger partial charge in [-0.3, -0.25) is 9.69 Å². The van der Waals surface area contributed by atoms with Crippen molar-refractivity contribution in [3.63, 3.8) is 0 Å². The van der Waals surface area contributed by atoms with Crippen LogP contribution in [0.5, 0.6) is 5.75 Å². The van der Waals surface area contributed by atoms with Crippen LogP contribution in [0, 0.1) is 17.6 Å². The molecular weight excluding hydrogens is 420 g/mol. The van der Waals surface area contributed by atoms with Gasteiger partial charge in [0.05, 0.1) is 29.9 Å². The van der Waals surface area contributed by atoms with E-state index in [9.17, 15) is 13.6 Å². The average molecular weight is 444 g/mol. The number of carbonyl (C=O) groups is 1. The SMILES string of the molecule is COc1cc(-c2cscn2)ccc1NC(=O)C1CCCN(Cc2ccc(F)c(F)c2)C1. The van der Waals surface area contributed by atoms with Crippen molar-refractivity contribution in [3.05, 3.63) is 64.5 Å². The van der Waals surface area contributed by atoms with E-state index in [1.807, 2.05) is 23.6 Å². The van der Waals surface area contributed by atoms with Crippen LogP contribution < -0.4 is 10.1 Å². The predicted molar refractivity (Wildman–Crippen MR) is 117 cm³/mol. The van der Waals surface area contributed by atoms with Gasteiger partial charge in [0.25, 0.3) is 0 Å². The van der Waals surface area contributed by atoms with Crippen LogP contribution in [0.3, 0.4) is 0 Å². The lowest BCUT2D eigenvalue weighted by molar-refractivity contribution is -0.121. The minimum Gasteiger partial charge on any atom is -0.495 e. The highest BCUT2D eigenvalue weighted by atomic mass is 32.1. The summed E-state index contributed by atoms with van der Waals surface area (Å²) >= 11 is 1.52. The number of aromatic nitrogens is 1. The molecule has 31 heavy (non-hydrogen) atoms. The van der Waals surface area contributed by atoms with Crippen molar-refractivity contribution in [3.8, 4) is 17.0 Å². The van der Waals surface area contributed by atoms with Crippen molar-refractivity contribution in [2.24, 2.45) is 5.92 Å². The molecule has 1 atom stereocenters. The summed E-state index contributed by atoms with van der Waals surface area (Å²) in [5, 5.41) is 4.94. The van der Waals surface area contributed by atoms with Gasteiger partial charge in [0.15, 0.2) is 11.6 Å². The largest absolute Gasteiger partial charge is 0.495 e. The van der Waals surface area contributed by atoms with Gasteiger partial charge in [0.2, 0.25) is 5.91 Å². The molecule has 0 radical (unpaired) electrons. The number of anilines is 1. The Bertz CT molecular complexity index is 1060. The summed E-state index contributed by atoms with van der Waals surface area (Å²) in [5.74, 6) is -1.39. The van der Waals surface area contributed by atoms with Crippen LogP contribution in [-0.2, 0) is 11.3 Å². The molecule has 3 aromatic rings. The van der Waals surface area contributed by atoms with Crippen LogP contribution in [0.2, 0.25) is 0 Å². The summed E-state index contributed by atoms with van der Waals surface area (Å²) in [7, 11) is 1.57. The molecule has 5 nitrogen and oxygen atoms in total. The van der Waals surface area contributed by atoms with Gasteiger partial charge in [-0.05, 0) is 49.2 Å². The normalized spacial score (nSPS) is 16.8. The zero-order valence-electron chi connectivity index (χ0n) is 17.1. The molecule has 2 aromatic carbocycles. The fourth-order valence-corrected chi connectivity index (χ4v) is 4.41. The smallest absolute Gasteiger partial charge is 0.228 e. The fraction of sp³-hybridized carbons (Fsp3) is 0.304. The summed E-state index contributed by atoms with van der Waals surface area (Å²) in [5.41, 5.74) is 4.86. The van der Waals surface area contributed by atoms with Gasteiger partial charge in [-0.25, -0.2) is 13.8 Å². The van der Waals surface area contributed by atoms with Gasteiger partial charge >= 0.3 is 0 Å². The second kappa shape index (κ2) is 9.53. The van der Waals surface area contributed by atoms with E-state index in [-0.39, 0.29) is 11.8 Å². The number of likely N-dealkylation sites (tertiary alicyclic amines) is 1. The Labute approximate surface area is 183 Å². The Kier molecular flexibility index (Phi) is 6.58. The van der Waals surface area contributed by atoms with Crippen LogP contribution in [0.4, 0.5) is 14.5 Å².